The highest BCUT2D eigenvalue weighted by atomic mass is 16.2. The minimum Gasteiger partial charge on any atom is -0.342 e. The number of quaternary nitrogens is 1. The molecule has 0 aliphatic carbocycles. The SMILES string of the molecule is C=CC(=O)N(C)CCC[N+](C)(C)CCCCCCCCCCCCCC. The lowest BCUT2D eigenvalue weighted by Gasteiger charge is -2.30. The Labute approximate surface area is 164 Å². The minimum absolute atomic E-state index is 0.0243. The Hall–Kier alpha value is -0.830. The third-order valence-electron chi connectivity index (χ3n) is 5.42. The van der Waals surface area contributed by atoms with Crippen LogP contribution in [0.1, 0.15) is 90.4 Å². The maximum absolute atomic E-state index is 11.5. The van der Waals surface area contributed by atoms with Gasteiger partial charge in [0, 0.05) is 20.0 Å². The molecule has 1 amide bonds. The predicted molar refractivity (Wildman–Crippen MR) is 115 cm³/mol. The van der Waals surface area contributed by atoms with Gasteiger partial charge in [0.15, 0.2) is 0 Å². The lowest BCUT2D eigenvalue weighted by atomic mass is 10.1. The zero-order chi connectivity index (χ0) is 19.7. The van der Waals surface area contributed by atoms with Crippen molar-refractivity contribution >= 4 is 5.91 Å². The van der Waals surface area contributed by atoms with E-state index in [-0.39, 0.29) is 5.91 Å². The van der Waals surface area contributed by atoms with E-state index in [9.17, 15) is 4.79 Å². The van der Waals surface area contributed by atoms with Crippen molar-refractivity contribution in [1.82, 2.24) is 4.90 Å². The topological polar surface area (TPSA) is 20.3 Å². The molecule has 0 unspecified atom stereocenters. The molecule has 3 heteroatoms. The molecule has 0 N–H and O–H groups in total. The summed E-state index contributed by atoms with van der Waals surface area (Å²) in [6, 6.07) is 0. The number of hydrogen-bond donors (Lipinski definition) is 0. The highest BCUT2D eigenvalue weighted by Crippen LogP contribution is 2.13. The van der Waals surface area contributed by atoms with Gasteiger partial charge in [0.05, 0.1) is 27.2 Å². The van der Waals surface area contributed by atoms with Gasteiger partial charge in [-0.1, -0.05) is 77.7 Å². The van der Waals surface area contributed by atoms with Crippen LogP contribution in [0.2, 0.25) is 0 Å². The number of hydrogen-bond acceptors (Lipinski definition) is 1. The van der Waals surface area contributed by atoms with Gasteiger partial charge in [-0.15, -0.1) is 0 Å². The highest BCUT2D eigenvalue weighted by Gasteiger charge is 2.15. The molecule has 0 fully saturated rings. The second kappa shape index (κ2) is 16.4. The van der Waals surface area contributed by atoms with Crippen LogP contribution in [0.25, 0.3) is 0 Å². The number of rotatable bonds is 18. The van der Waals surface area contributed by atoms with E-state index in [0.29, 0.717) is 0 Å². The molecule has 3 nitrogen and oxygen atoms in total. The monoisotopic (exact) mass is 367 g/mol. The Kier molecular flexibility index (Phi) is 15.8. The summed E-state index contributed by atoms with van der Waals surface area (Å²) in [7, 11) is 6.48. The van der Waals surface area contributed by atoms with Crippen molar-refractivity contribution in [2.45, 2.75) is 90.4 Å². The molecule has 0 aliphatic heterocycles. The molecule has 0 saturated carbocycles. The van der Waals surface area contributed by atoms with Gasteiger partial charge in [0.1, 0.15) is 0 Å². The largest absolute Gasteiger partial charge is 0.342 e. The third kappa shape index (κ3) is 15.4. The zero-order valence-electron chi connectivity index (χ0n) is 18.4. The molecule has 0 saturated heterocycles. The Balaban J connectivity index is 3.47. The van der Waals surface area contributed by atoms with Crippen LogP contribution in [0.3, 0.4) is 0 Å². The summed E-state index contributed by atoms with van der Waals surface area (Å²) in [4.78, 5) is 13.2. The maximum atomic E-state index is 11.5. The molecular formula is C23H47N2O+. The van der Waals surface area contributed by atoms with Crippen molar-refractivity contribution in [2.75, 3.05) is 40.8 Å². The van der Waals surface area contributed by atoms with E-state index in [4.69, 9.17) is 0 Å². The fraction of sp³-hybridized carbons (Fsp3) is 0.870. The fourth-order valence-electron chi connectivity index (χ4n) is 3.49. The first kappa shape index (κ1) is 25.2. The molecule has 0 heterocycles. The van der Waals surface area contributed by atoms with Crippen LogP contribution in [0, 0.1) is 0 Å². The normalized spacial score (nSPS) is 11.5. The smallest absolute Gasteiger partial charge is 0.245 e. The summed E-state index contributed by atoms with van der Waals surface area (Å²) in [6.45, 7) is 9.03. The van der Waals surface area contributed by atoms with E-state index in [0.717, 1.165) is 24.0 Å². The van der Waals surface area contributed by atoms with Crippen LogP contribution >= 0.6 is 0 Å². The number of unbranched alkanes of at least 4 members (excludes halogenated alkanes) is 11. The van der Waals surface area contributed by atoms with Crippen molar-refractivity contribution in [3.8, 4) is 0 Å². The highest BCUT2D eigenvalue weighted by molar-refractivity contribution is 5.86. The van der Waals surface area contributed by atoms with E-state index in [1.165, 1.54) is 89.7 Å². The second-order valence-corrected chi connectivity index (χ2v) is 8.59. The lowest BCUT2D eigenvalue weighted by Crippen LogP contribution is -2.42. The van der Waals surface area contributed by atoms with Gasteiger partial charge in [-0.25, -0.2) is 0 Å². The fourth-order valence-corrected chi connectivity index (χ4v) is 3.49. The van der Waals surface area contributed by atoms with Gasteiger partial charge in [0.25, 0.3) is 0 Å². The third-order valence-corrected chi connectivity index (χ3v) is 5.42. The summed E-state index contributed by atoms with van der Waals surface area (Å²) in [6.07, 6.45) is 19.3. The van der Waals surface area contributed by atoms with Crippen LogP contribution in [0.5, 0.6) is 0 Å². The molecule has 0 spiro atoms. The summed E-state index contributed by atoms with van der Waals surface area (Å²) in [5.74, 6) is 0.0243. The number of carbonyl (C=O) groups excluding carboxylic acids is 1. The van der Waals surface area contributed by atoms with E-state index in [2.05, 4.69) is 27.6 Å². The Bertz CT molecular complexity index is 352. The Morgan fingerprint density at radius 1 is 0.808 bits per heavy atom. The van der Waals surface area contributed by atoms with E-state index in [1.54, 1.807) is 4.90 Å². The molecule has 0 radical (unpaired) electrons. The van der Waals surface area contributed by atoms with E-state index in [1.807, 2.05) is 7.05 Å². The van der Waals surface area contributed by atoms with Gasteiger partial charge < -0.3 is 9.38 Å². The molecule has 0 aliphatic rings. The minimum atomic E-state index is 0.0243. The molecule has 0 atom stereocenters. The summed E-state index contributed by atoms with van der Waals surface area (Å²) in [5.41, 5.74) is 0. The second-order valence-electron chi connectivity index (χ2n) is 8.59. The van der Waals surface area contributed by atoms with Crippen LogP contribution in [-0.2, 0) is 4.79 Å². The van der Waals surface area contributed by atoms with Crippen molar-refractivity contribution in [3.63, 3.8) is 0 Å². The Morgan fingerprint density at radius 2 is 1.23 bits per heavy atom. The number of amides is 1. The molecule has 0 rings (SSSR count). The van der Waals surface area contributed by atoms with Crippen molar-refractivity contribution < 1.29 is 9.28 Å². The molecule has 154 valence electrons. The average molecular weight is 368 g/mol. The molecular weight excluding hydrogens is 320 g/mol. The van der Waals surface area contributed by atoms with E-state index >= 15 is 0 Å². The van der Waals surface area contributed by atoms with Crippen molar-refractivity contribution in [3.05, 3.63) is 12.7 Å². The first-order chi connectivity index (χ1) is 12.4. The van der Waals surface area contributed by atoms with E-state index < -0.39 is 0 Å². The maximum Gasteiger partial charge on any atom is 0.245 e. The summed E-state index contributed by atoms with van der Waals surface area (Å²) >= 11 is 0. The molecule has 0 aromatic rings. The average Bonchev–Trinajstić information content (AvgIpc) is 2.61. The number of nitrogens with zero attached hydrogens (tertiary/aromatic N) is 2. The quantitative estimate of drug-likeness (QED) is 0.170. The summed E-state index contributed by atoms with van der Waals surface area (Å²) < 4.78 is 1.06. The predicted octanol–water partition coefficient (Wildman–Crippen LogP) is 5.80. The van der Waals surface area contributed by atoms with Crippen molar-refractivity contribution in [2.24, 2.45) is 0 Å². The van der Waals surface area contributed by atoms with Crippen LogP contribution in [0.4, 0.5) is 0 Å². The van der Waals surface area contributed by atoms with Crippen LogP contribution in [-0.4, -0.2) is 56.1 Å². The molecule has 26 heavy (non-hydrogen) atoms. The van der Waals surface area contributed by atoms with Gasteiger partial charge >= 0.3 is 0 Å². The molecule has 0 aromatic carbocycles. The Morgan fingerprint density at radius 3 is 1.69 bits per heavy atom. The standard InChI is InChI=1S/C23H47N2O/c1-6-8-9-10-11-12-13-14-15-16-17-18-21-25(4,5)22-19-20-24(3)23(26)7-2/h7H,2,6,8-22H2,1,3-5H3/q+1. The van der Waals surface area contributed by atoms with Gasteiger partial charge in [-0.05, 0) is 18.9 Å². The summed E-state index contributed by atoms with van der Waals surface area (Å²) in [5, 5.41) is 0. The molecule has 0 bridgehead atoms. The van der Waals surface area contributed by atoms with Crippen molar-refractivity contribution in [1.29, 1.82) is 0 Å². The number of likely N-dealkylation sites (N-methyl/N-ethyl adjacent to an activating group) is 1. The van der Waals surface area contributed by atoms with Gasteiger partial charge in [-0.2, -0.15) is 0 Å². The van der Waals surface area contributed by atoms with Gasteiger partial charge in [-0.3, -0.25) is 4.79 Å². The lowest BCUT2D eigenvalue weighted by molar-refractivity contribution is -0.890. The van der Waals surface area contributed by atoms with Crippen LogP contribution < -0.4 is 0 Å². The first-order valence-corrected chi connectivity index (χ1v) is 11.1. The van der Waals surface area contributed by atoms with Gasteiger partial charge in [0.2, 0.25) is 5.91 Å². The van der Waals surface area contributed by atoms with Crippen LogP contribution in [0.15, 0.2) is 12.7 Å². The zero-order valence-corrected chi connectivity index (χ0v) is 18.4. The molecule has 0 aromatic heterocycles. The number of carbonyl (C=O) groups is 1. The first-order valence-electron chi connectivity index (χ1n) is 11.1.